The third-order valence-corrected chi connectivity index (χ3v) is 1.46. The lowest BCUT2D eigenvalue weighted by molar-refractivity contribution is 0.124. The van der Waals surface area contributed by atoms with Crippen LogP contribution in [0.5, 0.6) is 5.88 Å². The van der Waals surface area contributed by atoms with Crippen LogP contribution in [0.3, 0.4) is 0 Å². The van der Waals surface area contributed by atoms with Crippen LogP contribution >= 0.6 is 0 Å². The number of hydrogen-bond donors (Lipinski definition) is 2. The van der Waals surface area contributed by atoms with Crippen LogP contribution in [0, 0.1) is 5.41 Å². The third kappa shape index (κ3) is 2.73. The van der Waals surface area contributed by atoms with Gasteiger partial charge in [0.05, 0.1) is 5.56 Å². The molecule has 4 nitrogen and oxygen atoms in total. The lowest BCUT2D eigenvalue weighted by Crippen LogP contribution is -2.25. The van der Waals surface area contributed by atoms with Crippen molar-refractivity contribution in [1.29, 1.82) is 5.41 Å². The lowest BCUT2D eigenvalue weighted by atomic mass is 10.2. The Morgan fingerprint density at radius 3 is 2.64 bits per heavy atom. The molecule has 0 aliphatic carbocycles. The summed E-state index contributed by atoms with van der Waals surface area (Å²) in [5, 5.41) is 7.34. The van der Waals surface area contributed by atoms with Gasteiger partial charge in [0, 0.05) is 6.20 Å². The normalized spacial score (nSPS) is 11.1. The molecule has 4 heteroatoms. The van der Waals surface area contributed by atoms with Gasteiger partial charge in [-0.15, -0.1) is 0 Å². The van der Waals surface area contributed by atoms with Gasteiger partial charge >= 0.3 is 0 Å². The summed E-state index contributed by atoms with van der Waals surface area (Å²) in [5.74, 6) is 0.379. The summed E-state index contributed by atoms with van der Waals surface area (Å²) in [6.07, 6.45) is 1.62. The Morgan fingerprint density at radius 2 is 2.14 bits per heavy atom. The second-order valence-electron chi connectivity index (χ2n) is 3.98. The van der Waals surface area contributed by atoms with Crippen LogP contribution < -0.4 is 10.5 Å². The molecule has 0 saturated heterocycles. The highest BCUT2D eigenvalue weighted by atomic mass is 16.5. The molecule has 1 heterocycles. The quantitative estimate of drug-likeness (QED) is 0.552. The van der Waals surface area contributed by atoms with Crippen LogP contribution in [0.2, 0.25) is 0 Å². The summed E-state index contributed by atoms with van der Waals surface area (Å²) in [6, 6.07) is 3.45. The van der Waals surface area contributed by atoms with Crippen LogP contribution in [-0.4, -0.2) is 16.4 Å². The molecule has 0 amide bonds. The minimum atomic E-state index is -0.335. The van der Waals surface area contributed by atoms with E-state index in [4.69, 9.17) is 15.9 Å². The van der Waals surface area contributed by atoms with Crippen molar-refractivity contribution in [2.75, 3.05) is 0 Å². The first-order valence-electron chi connectivity index (χ1n) is 4.38. The predicted molar refractivity (Wildman–Crippen MR) is 55.6 cm³/mol. The highest BCUT2D eigenvalue weighted by molar-refractivity contribution is 5.96. The molecule has 0 saturated carbocycles. The van der Waals surface area contributed by atoms with Gasteiger partial charge < -0.3 is 10.5 Å². The Bertz CT molecular complexity index is 341. The molecule has 0 aromatic carbocycles. The Hall–Kier alpha value is -1.58. The number of nitrogen functional groups attached to an aromatic ring is 1. The average Bonchev–Trinajstić information content (AvgIpc) is 2.01. The molecule has 14 heavy (non-hydrogen) atoms. The summed E-state index contributed by atoms with van der Waals surface area (Å²) >= 11 is 0. The van der Waals surface area contributed by atoms with Gasteiger partial charge in [-0.25, -0.2) is 4.98 Å². The zero-order valence-corrected chi connectivity index (χ0v) is 8.66. The summed E-state index contributed by atoms with van der Waals surface area (Å²) < 4.78 is 5.56. The molecule has 0 atom stereocenters. The Balaban J connectivity index is 3.02. The molecule has 1 aromatic heterocycles. The predicted octanol–water partition coefficient (Wildman–Crippen LogP) is 1.54. The molecule has 0 spiro atoms. The van der Waals surface area contributed by atoms with E-state index in [0.717, 1.165) is 0 Å². The van der Waals surface area contributed by atoms with Crippen LogP contribution in [0.15, 0.2) is 18.3 Å². The van der Waals surface area contributed by atoms with E-state index < -0.39 is 0 Å². The van der Waals surface area contributed by atoms with Crippen molar-refractivity contribution in [2.45, 2.75) is 26.4 Å². The fraction of sp³-hybridized carbons (Fsp3) is 0.400. The van der Waals surface area contributed by atoms with E-state index in [-0.39, 0.29) is 11.4 Å². The summed E-state index contributed by atoms with van der Waals surface area (Å²) in [4.78, 5) is 4.04. The maximum atomic E-state index is 7.34. The molecular weight excluding hydrogens is 178 g/mol. The van der Waals surface area contributed by atoms with Crippen molar-refractivity contribution in [2.24, 2.45) is 5.73 Å². The lowest BCUT2D eigenvalue weighted by Gasteiger charge is -2.21. The van der Waals surface area contributed by atoms with Gasteiger partial charge in [0.25, 0.3) is 0 Å². The monoisotopic (exact) mass is 193 g/mol. The Labute approximate surface area is 83.6 Å². The maximum Gasteiger partial charge on any atom is 0.224 e. The number of nitrogens with zero attached hydrogens (tertiary/aromatic N) is 1. The SMILES string of the molecule is CC(C)(C)Oc1ncccc1C(=N)N. The molecule has 0 aliphatic rings. The molecule has 0 aliphatic heterocycles. The number of amidine groups is 1. The molecule has 76 valence electrons. The fourth-order valence-corrected chi connectivity index (χ4v) is 0.967. The minimum absolute atomic E-state index is 0.0302. The van der Waals surface area contributed by atoms with Gasteiger partial charge in [-0.05, 0) is 32.9 Å². The Kier molecular flexibility index (Phi) is 2.74. The minimum Gasteiger partial charge on any atom is -0.471 e. The van der Waals surface area contributed by atoms with E-state index in [1.54, 1.807) is 18.3 Å². The first kappa shape index (κ1) is 10.5. The highest BCUT2D eigenvalue weighted by Gasteiger charge is 2.16. The smallest absolute Gasteiger partial charge is 0.224 e. The number of rotatable bonds is 2. The van der Waals surface area contributed by atoms with Crippen molar-refractivity contribution >= 4 is 5.84 Å². The van der Waals surface area contributed by atoms with Crippen molar-refractivity contribution < 1.29 is 4.74 Å². The summed E-state index contributed by atoms with van der Waals surface area (Å²) in [6.45, 7) is 5.77. The van der Waals surface area contributed by atoms with Gasteiger partial charge in [0.1, 0.15) is 11.4 Å². The van der Waals surface area contributed by atoms with Crippen molar-refractivity contribution in [1.82, 2.24) is 4.98 Å². The number of pyridine rings is 1. The van der Waals surface area contributed by atoms with Crippen LogP contribution in [-0.2, 0) is 0 Å². The van der Waals surface area contributed by atoms with E-state index in [0.29, 0.717) is 11.4 Å². The topological polar surface area (TPSA) is 72.0 Å². The molecule has 0 bridgehead atoms. The fourth-order valence-electron chi connectivity index (χ4n) is 0.967. The first-order valence-corrected chi connectivity index (χ1v) is 4.38. The van der Waals surface area contributed by atoms with Gasteiger partial charge in [-0.1, -0.05) is 0 Å². The van der Waals surface area contributed by atoms with Crippen molar-refractivity contribution in [3.63, 3.8) is 0 Å². The maximum absolute atomic E-state index is 7.34. The van der Waals surface area contributed by atoms with Gasteiger partial charge in [0.2, 0.25) is 5.88 Å². The number of hydrogen-bond acceptors (Lipinski definition) is 3. The summed E-state index contributed by atoms with van der Waals surface area (Å²) in [7, 11) is 0. The van der Waals surface area contributed by atoms with E-state index in [1.165, 1.54) is 0 Å². The van der Waals surface area contributed by atoms with E-state index in [2.05, 4.69) is 4.98 Å². The third-order valence-electron chi connectivity index (χ3n) is 1.46. The second kappa shape index (κ2) is 3.65. The zero-order chi connectivity index (χ0) is 10.8. The molecule has 0 unspecified atom stereocenters. The summed E-state index contributed by atoms with van der Waals surface area (Å²) in [5.41, 5.74) is 5.59. The second-order valence-corrected chi connectivity index (χ2v) is 3.98. The highest BCUT2D eigenvalue weighted by Crippen LogP contribution is 2.19. The van der Waals surface area contributed by atoms with Gasteiger partial charge in [-0.3, -0.25) is 5.41 Å². The first-order chi connectivity index (χ1) is 6.40. The van der Waals surface area contributed by atoms with Crippen LogP contribution in [0.1, 0.15) is 26.3 Å². The number of aromatic nitrogens is 1. The van der Waals surface area contributed by atoms with Crippen LogP contribution in [0.25, 0.3) is 0 Å². The molecule has 1 rings (SSSR count). The zero-order valence-electron chi connectivity index (χ0n) is 8.66. The van der Waals surface area contributed by atoms with Gasteiger partial charge in [-0.2, -0.15) is 0 Å². The van der Waals surface area contributed by atoms with E-state index in [1.807, 2.05) is 20.8 Å². The van der Waals surface area contributed by atoms with E-state index >= 15 is 0 Å². The standard InChI is InChI=1S/C10H15N3O/c1-10(2,3)14-9-7(8(11)12)5-4-6-13-9/h4-6H,1-3H3,(H3,11,12). The molecule has 0 fully saturated rings. The Morgan fingerprint density at radius 1 is 1.50 bits per heavy atom. The molecule has 0 radical (unpaired) electrons. The molecule has 1 aromatic rings. The van der Waals surface area contributed by atoms with Crippen molar-refractivity contribution in [3.8, 4) is 5.88 Å². The average molecular weight is 193 g/mol. The number of nitrogens with one attached hydrogen (secondary N) is 1. The van der Waals surface area contributed by atoms with E-state index in [9.17, 15) is 0 Å². The molecular formula is C10H15N3O. The molecule has 3 N–H and O–H groups in total. The van der Waals surface area contributed by atoms with Crippen LogP contribution in [0.4, 0.5) is 0 Å². The number of nitrogens with two attached hydrogens (primary N) is 1. The van der Waals surface area contributed by atoms with Crippen molar-refractivity contribution in [3.05, 3.63) is 23.9 Å². The number of ether oxygens (including phenoxy) is 1. The van der Waals surface area contributed by atoms with Gasteiger partial charge in [0.15, 0.2) is 0 Å². The largest absolute Gasteiger partial charge is 0.471 e.